The van der Waals surface area contributed by atoms with Crippen molar-refractivity contribution in [2.24, 2.45) is 0 Å². The third-order valence-corrected chi connectivity index (χ3v) is 6.47. The number of rotatable bonds is 8. The van der Waals surface area contributed by atoms with Crippen molar-refractivity contribution in [2.75, 3.05) is 21.3 Å². The van der Waals surface area contributed by atoms with Crippen molar-refractivity contribution in [3.8, 4) is 0 Å². The van der Waals surface area contributed by atoms with Gasteiger partial charge in [-0.1, -0.05) is 60.7 Å². The molecule has 2 rings (SSSR count). The van der Waals surface area contributed by atoms with Crippen LogP contribution in [0.2, 0.25) is 0 Å². The van der Waals surface area contributed by atoms with Crippen molar-refractivity contribution in [1.82, 2.24) is 0 Å². The van der Waals surface area contributed by atoms with Gasteiger partial charge < -0.3 is 13.8 Å². The lowest BCUT2D eigenvalue weighted by Gasteiger charge is -2.32. The van der Waals surface area contributed by atoms with E-state index in [0.29, 0.717) is 0 Å². The molecule has 0 saturated heterocycles. The summed E-state index contributed by atoms with van der Waals surface area (Å²) in [5.41, 5.74) is -0.0250. The standard InChI is InChI=1S/C19H19O7P/c1-24-18(22)19(27(23,25-2)26-3,16(20)14-10-6-4-7-11-14)17(21)15-12-8-5-9-13-15/h4-13H,1-3H3. The summed E-state index contributed by atoms with van der Waals surface area (Å²) in [7, 11) is -1.63. The van der Waals surface area contributed by atoms with Crippen LogP contribution in [-0.2, 0) is 23.1 Å². The first-order valence-corrected chi connectivity index (χ1v) is 9.43. The van der Waals surface area contributed by atoms with E-state index >= 15 is 0 Å². The van der Waals surface area contributed by atoms with Crippen molar-refractivity contribution in [3.05, 3.63) is 71.8 Å². The van der Waals surface area contributed by atoms with E-state index in [-0.39, 0.29) is 11.1 Å². The number of Topliss-reactive ketones (excluding diaryl/α,β-unsaturated/α-hetero) is 2. The van der Waals surface area contributed by atoms with E-state index in [1.54, 1.807) is 36.4 Å². The fourth-order valence-electron chi connectivity index (χ4n) is 2.74. The van der Waals surface area contributed by atoms with E-state index in [1.165, 1.54) is 24.3 Å². The molecule has 7 nitrogen and oxygen atoms in total. The van der Waals surface area contributed by atoms with Gasteiger partial charge in [0.15, 0.2) is 0 Å². The minimum Gasteiger partial charge on any atom is -0.467 e. The molecule has 0 atom stereocenters. The van der Waals surface area contributed by atoms with Gasteiger partial charge in [0.2, 0.25) is 11.6 Å². The third-order valence-electron chi connectivity index (χ3n) is 4.10. The zero-order chi connectivity index (χ0) is 20.1. The Labute approximate surface area is 156 Å². The van der Waals surface area contributed by atoms with Gasteiger partial charge in [-0.3, -0.25) is 14.2 Å². The first-order chi connectivity index (χ1) is 12.9. The van der Waals surface area contributed by atoms with Crippen molar-refractivity contribution < 1.29 is 32.7 Å². The van der Waals surface area contributed by atoms with Gasteiger partial charge in [0, 0.05) is 25.3 Å². The highest BCUT2D eigenvalue weighted by Gasteiger charge is 2.68. The number of ether oxygens (including phenoxy) is 1. The lowest BCUT2D eigenvalue weighted by Crippen LogP contribution is -2.54. The van der Waals surface area contributed by atoms with Crippen molar-refractivity contribution in [3.63, 3.8) is 0 Å². The number of benzene rings is 2. The highest BCUT2D eigenvalue weighted by Crippen LogP contribution is 2.61. The molecule has 0 amide bonds. The molecular weight excluding hydrogens is 371 g/mol. The average Bonchev–Trinajstić information content (AvgIpc) is 2.74. The fraction of sp³-hybridized carbons (Fsp3) is 0.211. The first kappa shape index (κ1) is 20.7. The van der Waals surface area contributed by atoms with Gasteiger partial charge in [-0.25, -0.2) is 4.79 Å². The molecule has 142 valence electrons. The predicted octanol–water partition coefficient (Wildman–Crippen LogP) is 3.15. The van der Waals surface area contributed by atoms with Crippen molar-refractivity contribution in [1.29, 1.82) is 0 Å². The Morgan fingerprint density at radius 2 is 1.11 bits per heavy atom. The van der Waals surface area contributed by atoms with Crippen LogP contribution in [0.15, 0.2) is 60.7 Å². The molecule has 0 spiro atoms. The molecule has 0 fully saturated rings. The Bertz CT molecular complexity index is 818. The van der Waals surface area contributed by atoms with E-state index in [9.17, 15) is 18.9 Å². The predicted molar refractivity (Wildman–Crippen MR) is 97.9 cm³/mol. The molecule has 0 N–H and O–H groups in total. The van der Waals surface area contributed by atoms with Gasteiger partial charge in [-0.05, 0) is 0 Å². The van der Waals surface area contributed by atoms with Crippen molar-refractivity contribution >= 4 is 25.1 Å². The topological polar surface area (TPSA) is 96.0 Å². The van der Waals surface area contributed by atoms with Gasteiger partial charge in [0.05, 0.1) is 7.11 Å². The number of ketones is 2. The smallest absolute Gasteiger partial charge is 0.363 e. The largest absolute Gasteiger partial charge is 0.467 e. The Balaban J connectivity index is 2.87. The monoisotopic (exact) mass is 390 g/mol. The van der Waals surface area contributed by atoms with Crippen molar-refractivity contribution in [2.45, 2.75) is 5.16 Å². The van der Waals surface area contributed by atoms with Crippen LogP contribution in [-0.4, -0.2) is 44.0 Å². The maximum atomic E-state index is 13.4. The molecule has 0 aliphatic heterocycles. The van der Waals surface area contributed by atoms with Crippen LogP contribution >= 0.6 is 7.60 Å². The first-order valence-electron chi connectivity index (χ1n) is 7.88. The molecule has 0 aliphatic rings. The van der Waals surface area contributed by atoms with Gasteiger partial charge in [0.25, 0.3) is 5.16 Å². The van der Waals surface area contributed by atoms with Crippen LogP contribution < -0.4 is 0 Å². The normalized spacial score (nSPS) is 11.7. The van der Waals surface area contributed by atoms with Gasteiger partial charge in [-0.15, -0.1) is 0 Å². The Morgan fingerprint density at radius 1 is 0.741 bits per heavy atom. The molecule has 0 saturated carbocycles. The molecule has 0 unspecified atom stereocenters. The maximum Gasteiger partial charge on any atom is 0.363 e. The zero-order valence-electron chi connectivity index (χ0n) is 15.1. The Hall–Kier alpha value is -2.60. The summed E-state index contributed by atoms with van der Waals surface area (Å²) in [5, 5.41) is -2.84. The Kier molecular flexibility index (Phi) is 6.44. The fourth-order valence-corrected chi connectivity index (χ4v) is 4.51. The van der Waals surface area contributed by atoms with Crippen LogP contribution in [0.25, 0.3) is 0 Å². The minimum absolute atomic E-state index is 0.0125. The lowest BCUT2D eigenvalue weighted by molar-refractivity contribution is -0.141. The number of hydrogen-bond donors (Lipinski definition) is 0. The molecule has 27 heavy (non-hydrogen) atoms. The van der Waals surface area contributed by atoms with Gasteiger partial charge in [0.1, 0.15) is 0 Å². The second-order valence-electron chi connectivity index (χ2n) is 5.45. The molecule has 0 radical (unpaired) electrons. The summed E-state index contributed by atoms with van der Waals surface area (Å²) in [5.74, 6) is -3.39. The molecule has 2 aromatic rings. The molecule has 2 aromatic carbocycles. The molecule has 0 aliphatic carbocycles. The molecule has 8 heteroatoms. The zero-order valence-corrected chi connectivity index (χ0v) is 16.0. The molecule has 0 aromatic heterocycles. The summed E-state index contributed by atoms with van der Waals surface area (Å²) in [6.07, 6.45) is 0. The van der Waals surface area contributed by atoms with E-state index in [2.05, 4.69) is 0 Å². The highest BCUT2D eigenvalue weighted by molar-refractivity contribution is 7.59. The van der Waals surface area contributed by atoms with Gasteiger partial charge in [-0.2, -0.15) is 0 Å². The van der Waals surface area contributed by atoms with Crippen LogP contribution in [0.1, 0.15) is 20.7 Å². The van der Waals surface area contributed by atoms with Crippen LogP contribution in [0.3, 0.4) is 0 Å². The minimum atomic E-state index is -4.61. The van der Waals surface area contributed by atoms with Crippen LogP contribution in [0.4, 0.5) is 0 Å². The molecule has 0 bridgehead atoms. The summed E-state index contributed by atoms with van der Waals surface area (Å²) in [4.78, 5) is 39.6. The SMILES string of the molecule is COC(=O)C(C(=O)c1ccccc1)(C(=O)c1ccccc1)P(=O)(OC)OC. The van der Waals surface area contributed by atoms with Crippen LogP contribution in [0.5, 0.6) is 0 Å². The lowest BCUT2D eigenvalue weighted by atomic mass is 9.89. The Morgan fingerprint density at radius 3 is 1.41 bits per heavy atom. The van der Waals surface area contributed by atoms with Crippen LogP contribution in [0, 0.1) is 0 Å². The summed E-state index contributed by atoms with van der Waals surface area (Å²) in [6.45, 7) is 0. The summed E-state index contributed by atoms with van der Waals surface area (Å²) < 4.78 is 28.1. The van der Waals surface area contributed by atoms with Gasteiger partial charge >= 0.3 is 13.6 Å². The number of carbonyl (C=O) groups is 3. The van der Waals surface area contributed by atoms with E-state index in [4.69, 9.17) is 13.8 Å². The van der Waals surface area contributed by atoms with E-state index in [1.807, 2.05) is 0 Å². The summed E-state index contributed by atoms with van der Waals surface area (Å²) in [6, 6.07) is 15.1. The second-order valence-corrected chi connectivity index (χ2v) is 7.85. The number of methoxy groups -OCH3 is 1. The highest BCUT2D eigenvalue weighted by atomic mass is 31.2. The number of carbonyl (C=O) groups excluding carboxylic acids is 3. The average molecular weight is 390 g/mol. The van der Waals surface area contributed by atoms with E-state index in [0.717, 1.165) is 21.3 Å². The number of esters is 1. The molecular formula is C19H19O7P. The second kappa shape index (κ2) is 8.39. The van der Waals surface area contributed by atoms with E-state index < -0.39 is 30.3 Å². The number of hydrogen-bond acceptors (Lipinski definition) is 7. The quantitative estimate of drug-likeness (QED) is 0.296. The summed E-state index contributed by atoms with van der Waals surface area (Å²) >= 11 is 0. The third kappa shape index (κ3) is 3.37. The molecule has 0 heterocycles. The maximum absolute atomic E-state index is 13.4.